The highest BCUT2D eigenvalue weighted by Crippen LogP contribution is 2.34. The lowest BCUT2D eigenvalue weighted by molar-refractivity contribution is -0.154. The van der Waals surface area contributed by atoms with Crippen LogP contribution < -0.4 is 0 Å². The van der Waals surface area contributed by atoms with Gasteiger partial charge in [0.1, 0.15) is 11.9 Å². The number of esters is 1. The summed E-state index contributed by atoms with van der Waals surface area (Å²) >= 11 is 1.52. The number of aromatic nitrogens is 1. The smallest absolute Gasteiger partial charge is 0.309 e. The maximum Gasteiger partial charge on any atom is 0.309 e. The molecule has 0 aromatic carbocycles. The van der Waals surface area contributed by atoms with E-state index >= 15 is 0 Å². The van der Waals surface area contributed by atoms with Crippen LogP contribution in [-0.4, -0.2) is 39.8 Å². The molecule has 6 nitrogen and oxygen atoms in total. The van der Waals surface area contributed by atoms with Crippen molar-refractivity contribution in [3.63, 3.8) is 0 Å². The zero-order valence-corrected chi connectivity index (χ0v) is 23.2. The normalized spacial score (nSPS) is 31.6. The molecule has 0 unspecified atom stereocenters. The average Bonchev–Trinajstić information content (AvgIpc) is 3.20. The second-order valence-electron chi connectivity index (χ2n) is 10.7. The highest BCUT2D eigenvalue weighted by atomic mass is 32.1. The van der Waals surface area contributed by atoms with Crippen molar-refractivity contribution in [3.8, 4) is 0 Å². The molecule has 35 heavy (non-hydrogen) atoms. The summed E-state index contributed by atoms with van der Waals surface area (Å²) in [6, 6.07) is 0. The Bertz CT molecular complexity index is 989. The lowest BCUT2D eigenvalue weighted by atomic mass is 9.70. The Balaban J connectivity index is 2.39. The first kappa shape index (κ1) is 29.1. The lowest BCUT2D eigenvalue weighted by Crippen LogP contribution is -2.44. The van der Waals surface area contributed by atoms with E-state index in [1.54, 1.807) is 20.8 Å². The molecule has 0 saturated heterocycles. The number of Topliss-reactive ketones (excluding diaryl/α,β-unsaturated/α-hetero) is 2. The number of carbonyl (C=O) groups excluding carboxylic acids is 3. The molecule has 0 radical (unpaired) electrons. The summed E-state index contributed by atoms with van der Waals surface area (Å²) < 4.78 is 5.72. The number of cyclic esters (lactones) is 1. The molecule has 0 saturated carbocycles. The predicted molar refractivity (Wildman–Crippen MR) is 140 cm³/mol. The molecule has 2 rings (SSSR count). The van der Waals surface area contributed by atoms with E-state index in [2.05, 4.69) is 18.8 Å². The van der Waals surface area contributed by atoms with Gasteiger partial charge in [-0.25, -0.2) is 4.98 Å². The topological polar surface area (TPSA) is 93.6 Å². The molecule has 0 amide bonds. The van der Waals surface area contributed by atoms with Gasteiger partial charge in [0, 0.05) is 11.3 Å². The largest absolute Gasteiger partial charge is 0.457 e. The van der Waals surface area contributed by atoms with Gasteiger partial charge in [-0.3, -0.25) is 14.4 Å². The summed E-state index contributed by atoms with van der Waals surface area (Å²) in [7, 11) is 0. The van der Waals surface area contributed by atoms with Gasteiger partial charge in [0.05, 0.1) is 35.1 Å². The van der Waals surface area contributed by atoms with Crippen molar-refractivity contribution < 1.29 is 24.2 Å². The first-order valence-electron chi connectivity index (χ1n) is 12.5. The van der Waals surface area contributed by atoms with Gasteiger partial charge in [-0.2, -0.15) is 0 Å². The third kappa shape index (κ3) is 7.68. The van der Waals surface area contributed by atoms with Crippen LogP contribution in [0.25, 0.3) is 6.08 Å². The number of aliphatic hydroxyl groups excluding tert-OH is 1. The van der Waals surface area contributed by atoms with Gasteiger partial charge in [-0.05, 0) is 62.7 Å². The minimum Gasteiger partial charge on any atom is -0.457 e. The number of thiazole rings is 1. The molecule has 0 aliphatic carbocycles. The minimum atomic E-state index is -1.19. The van der Waals surface area contributed by atoms with E-state index in [0.717, 1.165) is 23.5 Å². The first-order chi connectivity index (χ1) is 16.2. The van der Waals surface area contributed by atoms with Crippen molar-refractivity contribution in [3.05, 3.63) is 33.3 Å². The van der Waals surface area contributed by atoms with Crippen molar-refractivity contribution >= 4 is 34.9 Å². The van der Waals surface area contributed by atoms with E-state index in [4.69, 9.17) is 4.74 Å². The predicted octanol–water partition coefficient (Wildman–Crippen LogP) is 5.72. The summed E-state index contributed by atoms with van der Waals surface area (Å²) in [6.07, 6.45) is 3.07. The molecule has 7 heteroatoms. The van der Waals surface area contributed by atoms with Gasteiger partial charge in [0.2, 0.25) is 0 Å². The summed E-state index contributed by atoms with van der Waals surface area (Å²) in [6.45, 7) is 15.0. The standard InChI is InChI=1S/C28H41NO5S/c1-16-10-9-11-17(2)23(30)13-24(18(3)12-22-15-35-21(6)29-22)34-26(32)14-25(31)28(7,8)27(33)20(5)19(16)4/h11-12,15-16,19-20,24-25,31H,9-10,13-14H2,1-8H3/b17-11+,18-12+/t16-,19-,20+,24-,25-/m0/s1. The monoisotopic (exact) mass is 503 g/mol. The van der Waals surface area contributed by atoms with Gasteiger partial charge >= 0.3 is 5.97 Å². The molecular formula is C28H41NO5S. The Morgan fingerprint density at radius 1 is 1.17 bits per heavy atom. The van der Waals surface area contributed by atoms with Gasteiger partial charge in [0.25, 0.3) is 0 Å². The van der Waals surface area contributed by atoms with Crippen LogP contribution in [0.5, 0.6) is 0 Å². The number of aliphatic hydroxyl groups is 1. The van der Waals surface area contributed by atoms with Crippen molar-refractivity contribution in [2.75, 3.05) is 0 Å². The van der Waals surface area contributed by atoms with E-state index < -0.39 is 23.6 Å². The fraction of sp³-hybridized carbons (Fsp3) is 0.643. The van der Waals surface area contributed by atoms with Crippen LogP contribution in [0, 0.1) is 30.1 Å². The number of rotatable bonds is 2. The number of nitrogens with zero attached hydrogens (tertiary/aromatic N) is 1. The molecule has 1 aromatic heterocycles. The zero-order chi connectivity index (χ0) is 26.5. The molecule has 0 spiro atoms. The van der Waals surface area contributed by atoms with E-state index in [1.807, 2.05) is 38.3 Å². The number of carbonyl (C=O) groups is 3. The van der Waals surface area contributed by atoms with Crippen molar-refractivity contribution in [1.82, 2.24) is 4.98 Å². The number of hydrogen-bond donors (Lipinski definition) is 1. The van der Waals surface area contributed by atoms with E-state index in [0.29, 0.717) is 11.1 Å². The van der Waals surface area contributed by atoms with Gasteiger partial charge < -0.3 is 9.84 Å². The van der Waals surface area contributed by atoms with Crippen LogP contribution >= 0.6 is 11.3 Å². The van der Waals surface area contributed by atoms with Crippen molar-refractivity contribution in [1.29, 1.82) is 0 Å². The summed E-state index contributed by atoms with van der Waals surface area (Å²) in [5, 5.41) is 13.7. The van der Waals surface area contributed by atoms with Crippen LogP contribution in [0.3, 0.4) is 0 Å². The van der Waals surface area contributed by atoms with Crippen LogP contribution in [0.1, 0.15) is 84.9 Å². The summed E-state index contributed by atoms with van der Waals surface area (Å²) in [5.41, 5.74) is 0.984. The second kappa shape index (κ2) is 12.2. The number of ketones is 2. The van der Waals surface area contributed by atoms with Crippen LogP contribution in [0.2, 0.25) is 0 Å². The fourth-order valence-electron chi connectivity index (χ4n) is 4.44. The van der Waals surface area contributed by atoms with E-state index in [1.165, 1.54) is 11.3 Å². The Hall–Kier alpha value is -2.12. The highest BCUT2D eigenvalue weighted by Gasteiger charge is 2.41. The van der Waals surface area contributed by atoms with Gasteiger partial charge in [0.15, 0.2) is 5.78 Å². The fourth-order valence-corrected chi connectivity index (χ4v) is 5.01. The molecule has 194 valence electrons. The second-order valence-corrected chi connectivity index (χ2v) is 11.7. The number of aryl methyl sites for hydroxylation is 1. The Morgan fingerprint density at radius 2 is 1.83 bits per heavy atom. The van der Waals surface area contributed by atoms with Crippen LogP contribution in [0.15, 0.2) is 22.6 Å². The van der Waals surface area contributed by atoms with E-state index in [9.17, 15) is 19.5 Å². The summed E-state index contributed by atoms with van der Waals surface area (Å²) in [4.78, 5) is 43.6. The minimum absolute atomic E-state index is 0.0148. The molecule has 1 aliphatic rings. The summed E-state index contributed by atoms with van der Waals surface area (Å²) in [5.74, 6) is -0.686. The third-order valence-corrected chi connectivity index (χ3v) is 8.40. The van der Waals surface area contributed by atoms with Gasteiger partial charge in [-0.1, -0.05) is 40.7 Å². The first-order valence-corrected chi connectivity index (χ1v) is 13.3. The Labute approximate surface area is 213 Å². The highest BCUT2D eigenvalue weighted by molar-refractivity contribution is 7.09. The lowest BCUT2D eigenvalue weighted by Gasteiger charge is -2.35. The maximum absolute atomic E-state index is 13.3. The van der Waals surface area contributed by atoms with Crippen LogP contribution in [0.4, 0.5) is 0 Å². The molecule has 5 atom stereocenters. The SMILES string of the molecule is C/C1=C\CC[C@H](C)[C@H](C)[C@@H](C)C(=O)C(C)(C)[C@@H](O)CC(=O)O[C@H](/C(C)=C/c2csc(C)n2)CC1=O. The molecule has 0 fully saturated rings. The van der Waals surface area contributed by atoms with E-state index in [-0.39, 0.29) is 42.2 Å². The maximum atomic E-state index is 13.3. The Kier molecular flexibility index (Phi) is 10.2. The average molecular weight is 504 g/mol. The van der Waals surface area contributed by atoms with Gasteiger partial charge in [-0.15, -0.1) is 11.3 Å². The number of ether oxygens (including phenoxy) is 1. The molecule has 0 bridgehead atoms. The molecule has 2 heterocycles. The van der Waals surface area contributed by atoms with Crippen LogP contribution in [-0.2, 0) is 19.1 Å². The molecule has 1 N–H and O–H groups in total. The van der Waals surface area contributed by atoms with Crippen molar-refractivity contribution in [2.24, 2.45) is 23.2 Å². The number of hydrogen-bond acceptors (Lipinski definition) is 7. The molecular weight excluding hydrogens is 462 g/mol. The zero-order valence-electron chi connectivity index (χ0n) is 22.4. The molecule has 1 aliphatic heterocycles. The number of allylic oxidation sites excluding steroid dienone is 2. The Morgan fingerprint density at radius 3 is 2.43 bits per heavy atom. The molecule has 1 aromatic rings. The quantitative estimate of drug-likeness (QED) is 0.519. The van der Waals surface area contributed by atoms with Crippen molar-refractivity contribution in [2.45, 2.75) is 93.3 Å². The third-order valence-electron chi connectivity index (χ3n) is 7.60.